The van der Waals surface area contributed by atoms with Crippen LogP contribution in [-0.2, 0) is 6.42 Å². The first-order chi connectivity index (χ1) is 25.3. The summed E-state index contributed by atoms with van der Waals surface area (Å²) in [7, 11) is 0. The minimum absolute atomic E-state index is 0.0745. The van der Waals surface area contributed by atoms with Crippen LogP contribution in [0.4, 0.5) is 11.6 Å². The lowest BCUT2D eigenvalue weighted by atomic mass is 9.76. The van der Waals surface area contributed by atoms with Crippen molar-refractivity contribution in [3.05, 3.63) is 198 Å². The molecule has 0 amide bonds. The second-order valence-electron chi connectivity index (χ2n) is 13.7. The SMILES string of the molecule is c1ccc(-n2c3c(c4ccccc42)-c2ccccc2C2c4ccccc4N(c4nc(Cc5ccc6ccccc6c5)c5ccccc5n4)C32)cc1. The van der Waals surface area contributed by atoms with Gasteiger partial charge in [0.2, 0.25) is 5.95 Å². The van der Waals surface area contributed by atoms with Crippen LogP contribution in [0.15, 0.2) is 170 Å². The molecule has 0 saturated heterocycles. The maximum absolute atomic E-state index is 5.54. The average molecular weight is 653 g/mol. The molecule has 4 heteroatoms. The minimum atomic E-state index is -0.0745. The topological polar surface area (TPSA) is 34.0 Å². The van der Waals surface area contributed by atoms with Crippen molar-refractivity contribution in [1.82, 2.24) is 14.5 Å². The second kappa shape index (κ2) is 11.0. The normalized spacial score (nSPS) is 15.9. The molecule has 7 aromatic carbocycles. The first-order valence-electron chi connectivity index (χ1n) is 17.7. The third kappa shape index (κ3) is 4.20. The van der Waals surface area contributed by atoms with Crippen molar-refractivity contribution in [2.45, 2.75) is 18.4 Å². The molecule has 2 aromatic heterocycles. The molecule has 3 heterocycles. The molecule has 9 aromatic rings. The summed E-state index contributed by atoms with van der Waals surface area (Å²) in [6.07, 6.45) is 0.711. The molecular weight excluding hydrogens is 621 g/mol. The molecule has 0 N–H and O–H groups in total. The summed E-state index contributed by atoms with van der Waals surface area (Å²) in [6.45, 7) is 0. The molecule has 11 rings (SSSR count). The Balaban J connectivity index is 1.19. The summed E-state index contributed by atoms with van der Waals surface area (Å²) in [6, 6.07) is 61.3. The van der Waals surface area contributed by atoms with Gasteiger partial charge < -0.3 is 9.47 Å². The highest BCUT2D eigenvalue weighted by molar-refractivity contribution is 6.03. The lowest BCUT2D eigenvalue weighted by molar-refractivity contribution is 0.613. The van der Waals surface area contributed by atoms with Gasteiger partial charge >= 0.3 is 0 Å². The van der Waals surface area contributed by atoms with E-state index in [1.54, 1.807) is 0 Å². The van der Waals surface area contributed by atoms with E-state index in [2.05, 4.69) is 179 Å². The summed E-state index contributed by atoms with van der Waals surface area (Å²) in [5.74, 6) is 0.829. The number of anilines is 2. The van der Waals surface area contributed by atoms with Crippen LogP contribution in [0, 0.1) is 0 Å². The predicted octanol–water partition coefficient (Wildman–Crippen LogP) is 11.3. The van der Waals surface area contributed by atoms with Crippen LogP contribution < -0.4 is 4.90 Å². The molecule has 240 valence electrons. The van der Waals surface area contributed by atoms with Crippen LogP contribution in [0.5, 0.6) is 0 Å². The van der Waals surface area contributed by atoms with Gasteiger partial charge in [-0.1, -0.05) is 140 Å². The molecular formula is C47H32N4. The molecule has 51 heavy (non-hydrogen) atoms. The summed E-state index contributed by atoms with van der Waals surface area (Å²) < 4.78 is 2.49. The van der Waals surface area contributed by atoms with Crippen molar-refractivity contribution in [2.75, 3.05) is 4.90 Å². The summed E-state index contributed by atoms with van der Waals surface area (Å²) >= 11 is 0. The molecule has 0 bridgehead atoms. The van der Waals surface area contributed by atoms with Gasteiger partial charge in [-0.2, -0.15) is 0 Å². The van der Waals surface area contributed by atoms with Gasteiger partial charge in [-0.05, 0) is 63.4 Å². The Kier molecular flexibility index (Phi) is 6.11. The van der Waals surface area contributed by atoms with Gasteiger partial charge in [0.25, 0.3) is 0 Å². The molecule has 4 nitrogen and oxygen atoms in total. The monoisotopic (exact) mass is 652 g/mol. The van der Waals surface area contributed by atoms with Crippen LogP contribution in [0.1, 0.15) is 40.0 Å². The maximum atomic E-state index is 5.54. The van der Waals surface area contributed by atoms with E-state index >= 15 is 0 Å². The number of hydrogen-bond acceptors (Lipinski definition) is 3. The number of rotatable bonds is 4. The van der Waals surface area contributed by atoms with Gasteiger partial charge in [0, 0.05) is 40.0 Å². The Morgan fingerprint density at radius 3 is 2.16 bits per heavy atom. The summed E-state index contributed by atoms with van der Waals surface area (Å²) in [5, 5.41) is 4.84. The van der Waals surface area contributed by atoms with Gasteiger partial charge in [0.05, 0.1) is 28.5 Å². The third-order valence-electron chi connectivity index (χ3n) is 11.0. The van der Waals surface area contributed by atoms with E-state index < -0.39 is 0 Å². The Morgan fingerprint density at radius 1 is 0.549 bits per heavy atom. The molecule has 0 spiro atoms. The highest BCUT2D eigenvalue weighted by Crippen LogP contribution is 2.62. The minimum Gasteiger partial charge on any atom is -0.311 e. The molecule has 1 aliphatic carbocycles. The van der Waals surface area contributed by atoms with Crippen LogP contribution in [-0.4, -0.2) is 14.5 Å². The number of benzene rings is 7. The van der Waals surface area contributed by atoms with Gasteiger partial charge in [-0.3, -0.25) is 0 Å². The van der Waals surface area contributed by atoms with Crippen LogP contribution >= 0.6 is 0 Å². The number of hydrogen-bond donors (Lipinski definition) is 0. The molecule has 0 saturated carbocycles. The van der Waals surface area contributed by atoms with Crippen molar-refractivity contribution in [1.29, 1.82) is 0 Å². The standard InChI is InChI=1S/C47H32N4/c1-2-16-33(17-3-1)50-41-24-12-9-21-37(41)43-34-18-6-7-19-35(34)44-38-22-10-13-25-42(38)51(46(44)45(43)50)47-48-39-23-11-8-20-36(39)40(49-47)29-30-26-27-31-14-4-5-15-32(31)28-30/h1-28,44,46H,29H2. The Hall–Kier alpha value is -6.52. The van der Waals surface area contributed by atoms with E-state index in [4.69, 9.17) is 9.97 Å². The van der Waals surface area contributed by atoms with E-state index in [1.165, 1.54) is 55.2 Å². The lowest BCUT2D eigenvalue weighted by Gasteiger charge is -2.35. The van der Waals surface area contributed by atoms with E-state index in [-0.39, 0.29) is 12.0 Å². The Morgan fingerprint density at radius 2 is 1.25 bits per heavy atom. The van der Waals surface area contributed by atoms with Crippen molar-refractivity contribution < 1.29 is 0 Å². The third-order valence-corrected chi connectivity index (χ3v) is 11.0. The summed E-state index contributed by atoms with van der Waals surface area (Å²) in [4.78, 5) is 13.4. The van der Waals surface area contributed by atoms with E-state index in [0.717, 1.165) is 33.9 Å². The van der Waals surface area contributed by atoms with Gasteiger partial charge in [-0.25, -0.2) is 9.97 Å². The fourth-order valence-electron chi connectivity index (χ4n) is 8.88. The molecule has 0 fully saturated rings. The average Bonchev–Trinajstić information content (AvgIpc) is 3.72. The van der Waals surface area contributed by atoms with E-state index in [9.17, 15) is 0 Å². The first-order valence-corrected chi connectivity index (χ1v) is 17.7. The number of para-hydroxylation sites is 4. The number of aromatic nitrogens is 3. The maximum Gasteiger partial charge on any atom is 0.231 e. The lowest BCUT2D eigenvalue weighted by Crippen LogP contribution is -2.29. The van der Waals surface area contributed by atoms with Gasteiger partial charge in [0.1, 0.15) is 0 Å². The Bertz CT molecular complexity index is 2780. The van der Waals surface area contributed by atoms with Crippen LogP contribution in [0.3, 0.4) is 0 Å². The second-order valence-corrected chi connectivity index (χ2v) is 13.7. The van der Waals surface area contributed by atoms with Crippen molar-refractivity contribution in [3.63, 3.8) is 0 Å². The smallest absolute Gasteiger partial charge is 0.231 e. The predicted molar refractivity (Wildman–Crippen MR) is 208 cm³/mol. The van der Waals surface area contributed by atoms with Crippen LogP contribution in [0.25, 0.3) is 49.4 Å². The van der Waals surface area contributed by atoms with Gasteiger partial charge in [0.15, 0.2) is 0 Å². The summed E-state index contributed by atoms with van der Waals surface area (Å²) in [5.41, 5.74) is 13.3. The fraction of sp³-hybridized carbons (Fsp3) is 0.0638. The van der Waals surface area contributed by atoms with Gasteiger partial charge in [-0.15, -0.1) is 0 Å². The molecule has 1 aliphatic heterocycles. The van der Waals surface area contributed by atoms with E-state index in [0.29, 0.717) is 6.42 Å². The largest absolute Gasteiger partial charge is 0.311 e. The molecule has 2 atom stereocenters. The van der Waals surface area contributed by atoms with Crippen molar-refractivity contribution >= 4 is 44.2 Å². The number of nitrogens with zero attached hydrogens (tertiary/aromatic N) is 4. The molecule has 2 unspecified atom stereocenters. The van der Waals surface area contributed by atoms with Crippen LogP contribution in [0.2, 0.25) is 0 Å². The highest BCUT2D eigenvalue weighted by atomic mass is 15.3. The fourth-order valence-corrected chi connectivity index (χ4v) is 8.88. The number of fused-ring (bicyclic) bond motifs is 12. The zero-order chi connectivity index (χ0) is 33.5. The Labute approximate surface area is 295 Å². The van der Waals surface area contributed by atoms with Crippen molar-refractivity contribution in [2.24, 2.45) is 0 Å². The highest BCUT2D eigenvalue weighted by Gasteiger charge is 2.49. The molecule has 2 aliphatic rings. The molecule has 0 radical (unpaired) electrons. The first kappa shape index (κ1) is 28.3. The zero-order valence-electron chi connectivity index (χ0n) is 27.8. The van der Waals surface area contributed by atoms with E-state index in [1.807, 2.05) is 0 Å². The quantitative estimate of drug-likeness (QED) is 0.190. The van der Waals surface area contributed by atoms with Crippen molar-refractivity contribution in [3.8, 4) is 16.8 Å². The zero-order valence-corrected chi connectivity index (χ0v) is 27.8.